The minimum absolute atomic E-state index is 0.159. The topological polar surface area (TPSA) is 263 Å². The van der Waals surface area contributed by atoms with E-state index in [1.807, 2.05) is 0 Å². The highest BCUT2D eigenvalue weighted by atomic mass is 31.2. The van der Waals surface area contributed by atoms with Crippen molar-refractivity contribution < 1.29 is 70.5 Å². The summed E-state index contributed by atoms with van der Waals surface area (Å²) in [6, 6.07) is -1.91. The third kappa shape index (κ3) is 76.0. The number of amides is 4. The maximum atomic E-state index is 13.4. The van der Waals surface area contributed by atoms with Crippen molar-refractivity contribution in [3.63, 3.8) is 0 Å². The van der Waals surface area contributed by atoms with Crippen molar-refractivity contribution in [1.29, 1.82) is 0 Å². The summed E-state index contributed by atoms with van der Waals surface area (Å²) in [6.07, 6.45) is 68.4. The van der Waals surface area contributed by atoms with E-state index in [1.54, 1.807) is 0 Å². The number of unbranched alkanes of at least 4 members (excludes halogenated alkanes) is 48. The number of phosphoric acid groups is 2. The molecule has 0 spiro atoms. The Morgan fingerprint density at radius 3 is 0.759 bits per heavy atom. The fourth-order valence-corrected chi connectivity index (χ4v) is 15.6. The number of hydrogen-bond donors (Lipinski definition) is 6. The lowest BCUT2D eigenvalue weighted by molar-refractivity contribution is -0.151. The van der Waals surface area contributed by atoms with Crippen LogP contribution in [-0.2, 0) is 55.9 Å². The molecule has 0 fully saturated rings. The van der Waals surface area contributed by atoms with Gasteiger partial charge in [0.05, 0.1) is 38.5 Å². The summed E-state index contributed by atoms with van der Waals surface area (Å²) in [5, 5.41) is 11.2. The Labute approximate surface area is 663 Å². The van der Waals surface area contributed by atoms with Crippen LogP contribution in [0.4, 0.5) is 4.79 Å². The standard InChI is InChI=1S/C87H172N4O15P2/c1-7-13-19-25-31-35-39-41-45-51-57-69-83(92)90-79(63-61-67-81(65-55-49-29-23-17-11-5)105-85(94)71-59-53-47-43-37-33-27-21-15-9-3)77-103-107(97,98)101-75-73-88-87(96)89-74-76-102-108(99,100)104-78-80(91-84(93)70-58-52-46-42-40-36-32-26-20-14-8-2)64-62-68-82(66-56-50-30-24-18-12-6)106-86(95)72-60-54-48-44-38-34-28-22-16-10-4/h79-82H,7-78H2,1-6H3,(H,90,92)(H,91,93)(H,97,98)(H,99,100)(H2,88,89,96). The number of carbonyl (C=O) groups is 5. The molecular weight excluding hydrogens is 1400 g/mol. The van der Waals surface area contributed by atoms with Crippen LogP contribution in [0.1, 0.15) is 465 Å². The second-order valence-electron chi connectivity index (χ2n) is 31.5. The maximum absolute atomic E-state index is 13.4. The average Bonchev–Trinajstić information content (AvgIpc) is 0.921. The molecule has 0 aromatic heterocycles. The number of nitrogens with one attached hydrogen (secondary N) is 4. The molecule has 6 N–H and O–H groups in total. The number of esters is 2. The predicted octanol–water partition coefficient (Wildman–Crippen LogP) is 25.2. The van der Waals surface area contributed by atoms with E-state index >= 15 is 0 Å². The van der Waals surface area contributed by atoms with Crippen LogP contribution in [0.25, 0.3) is 0 Å². The van der Waals surface area contributed by atoms with Crippen molar-refractivity contribution in [2.45, 2.75) is 490 Å². The molecule has 0 aromatic rings. The third-order valence-electron chi connectivity index (χ3n) is 20.9. The molecule has 0 heterocycles. The Morgan fingerprint density at radius 1 is 0.278 bits per heavy atom. The lowest BCUT2D eigenvalue weighted by Gasteiger charge is -2.23. The van der Waals surface area contributed by atoms with Crippen molar-refractivity contribution in [2.75, 3.05) is 39.5 Å². The Bertz CT molecular complexity index is 1990. The summed E-state index contributed by atoms with van der Waals surface area (Å²) in [5.41, 5.74) is 0. The fraction of sp³-hybridized carbons (Fsp3) is 0.943. The highest BCUT2D eigenvalue weighted by Crippen LogP contribution is 2.44. The van der Waals surface area contributed by atoms with Gasteiger partial charge in [0.15, 0.2) is 0 Å². The Hall–Kier alpha value is -2.63. The molecule has 19 nitrogen and oxygen atoms in total. The van der Waals surface area contributed by atoms with Gasteiger partial charge in [-0.3, -0.25) is 37.3 Å². The zero-order valence-electron chi connectivity index (χ0n) is 70.8. The number of phosphoric ester groups is 2. The van der Waals surface area contributed by atoms with Gasteiger partial charge >= 0.3 is 33.6 Å². The van der Waals surface area contributed by atoms with E-state index in [4.69, 9.17) is 27.6 Å². The van der Waals surface area contributed by atoms with Gasteiger partial charge < -0.3 is 40.5 Å². The first-order chi connectivity index (χ1) is 52.5. The third-order valence-corrected chi connectivity index (χ3v) is 22.9. The Kier molecular flexibility index (Phi) is 77.7. The summed E-state index contributed by atoms with van der Waals surface area (Å²) in [5.74, 6) is -0.652. The summed E-state index contributed by atoms with van der Waals surface area (Å²) in [7, 11) is -9.33. The molecule has 6 atom stereocenters. The van der Waals surface area contributed by atoms with Crippen LogP contribution in [0, 0.1) is 0 Å². The molecule has 0 aliphatic rings. The predicted molar refractivity (Wildman–Crippen MR) is 447 cm³/mol. The van der Waals surface area contributed by atoms with Gasteiger partial charge in [-0.1, -0.05) is 350 Å². The van der Waals surface area contributed by atoms with Gasteiger partial charge in [0.25, 0.3) is 0 Å². The number of rotatable bonds is 86. The van der Waals surface area contributed by atoms with Gasteiger partial charge in [-0.2, -0.15) is 0 Å². The maximum Gasteiger partial charge on any atom is 0.472 e. The van der Waals surface area contributed by atoms with E-state index in [2.05, 4.69) is 62.8 Å². The normalized spacial score (nSPS) is 13.9. The molecule has 0 saturated carbocycles. The van der Waals surface area contributed by atoms with Gasteiger partial charge in [0.2, 0.25) is 11.8 Å². The van der Waals surface area contributed by atoms with Crippen LogP contribution >= 0.6 is 15.6 Å². The molecule has 21 heteroatoms. The second-order valence-corrected chi connectivity index (χ2v) is 34.4. The lowest BCUT2D eigenvalue weighted by Crippen LogP contribution is -2.39. The van der Waals surface area contributed by atoms with Crippen molar-refractivity contribution in [3.8, 4) is 0 Å². The summed E-state index contributed by atoms with van der Waals surface area (Å²) in [4.78, 5) is 87.7. The van der Waals surface area contributed by atoms with Crippen LogP contribution in [0.2, 0.25) is 0 Å². The van der Waals surface area contributed by atoms with Gasteiger partial charge in [-0.15, -0.1) is 0 Å². The Balaban J connectivity index is 5.68. The highest BCUT2D eigenvalue weighted by Gasteiger charge is 2.27. The number of hydrogen-bond acceptors (Lipinski definition) is 13. The van der Waals surface area contributed by atoms with Crippen molar-refractivity contribution in [2.24, 2.45) is 0 Å². The van der Waals surface area contributed by atoms with Crippen LogP contribution in [0.3, 0.4) is 0 Å². The van der Waals surface area contributed by atoms with Crippen molar-refractivity contribution in [3.05, 3.63) is 0 Å². The molecule has 640 valence electrons. The van der Waals surface area contributed by atoms with E-state index in [1.165, 1.54) is 218 Å². The highest BCUT2D eigenvalue weighted by molar-refractivity contribution is 7.47. The molecule has 0 bridgehead atoms. The summed E-state index contributed by atoms with van der Waals surface area (Å²) < 4.78 is 60.3. The van der Waals surface area contributed by atoms with Crippen molar-refractivity contribution >= 4 is 45.4 Å². The van der Waals surface area contributed by atoms with Crippen molar-refractivity contribution in [1.82, 2.24) is 21.3 Å². The minimum atomic E-state index is -4.66. The summed E-state index contributed by atoms with van der Waals surface area (Å²) in [6.45, 7) is 11.6. The minimum Gasteiger partial charge on any atom is -0.462 e. The molecular formula is C87H172N4O15P2. The van der Waals surface area contributed by atoms with E-state index in [0.29, 0.717) is 64.2 Å². The first kappa shape index (κ1) is 105. The molecule has 108 heavy (non-hydrogen) atoms. The first-order valence-electron chi connectivity index (χ1n) is 45.8. The van der Waals surface area contributed by atoms with Gasteiger partial charge in [-0.05, 0) is 89.9 Å². The largest absolute Gasteiger partial charge is 0.472 e. The lowest BCUT2D eigenvalue weighted by atomic mass is 10.0. The van der Waals surface area contributed by atoms with Crippen LogP contribution in [-0.4, -0.2) is 103 Å². The average molecular weight is 1580 g/mol. The van der Waals surface area contributed by atoms with E-state index in [0.717, 1.165) is 141 Å². The monoisotopic (exact) mass is 1580 g/mol. The SMILES string of the molecule is CCCCCCCCCCCCCC(=O)NC(CCCC(CCCCCCCC)OC(=O)CCCCCCCCCCCC)COP(=O)(O)OCCNC(=O)NCCOP(=O)(O)OCC(CCCC(CCCCCCCC)OC(=O)CCCCCCCCCCCC)NC(=O)CCCCCCCCCCCCC. The van der Waals surface area contributed by atoms with Crippen LogP contribution < -0.4 is 21.3 Å². The number of urea groups is 1. The second kappa shape index (κ2) is 79.6. The summed E-state index contributed by atoms with van der Waals surface area (Å²) >= 11 is 0. The van der Waals surface area contributed by atoms with Gasteiger partial charge in [-0.25, -0.2) is 13.9 Å². The molecule has 4 amide bonds. The number of ether oxygens (including phenoxy) is 2. The van der Waals surface area contributed by atoms with Crippen LogP contribution in [0.15, 0.2) is 0 Å². The molecule has 0 aromatic carbocycles. The molecule has 0 aliphatic carbocycles. The molecule has 0 saturated heterocycles. The van der Waals surface area contributed by atoms with E-state index < -0.39 is 33.8 Å². The van der Waals surface area contributed by atoms with Crippen LogP contribution in [0.5, 0.6) is 0 Å². The van der Waals surface area contributed by atoms with Gasteiger partial charge in [0, 0.05) is 38.8 Å². The molecule has 0 rings (SSSR count). The quantitative estimate of drug-likeness (QED) is 0.0188. The first-order valence-corrected chi connectivity index (χ1v) is 48.7. The smallest absolute Gasteiger partial charge is 0.462 e. The number of carbonyl (C=O) groups excluding carboxylic acids is 5. The fourth-order valence-electron chi connectivity index (χ4n) is 14.1. The molecule has 6 unspecified atom stereocenters. The molecule has 0 aliphatic heterocycles. The zero-order chi connectivity index (χ0) is 79.2. The zero-order valence-corrected chi connectivity index (χ0v) is 72.6. The molecule has 0 radical (unpaired) electrons. The van der Waals surface area contributed by atoms with Gasteiger partial charge in [0.1, 0.15) is 12.2 Å². The Morgan fingerprint density at radius 2 is 0.500 bits per heavy atom. The van der Waals surface area contributed by atoms with E-state index in [9.17, 15) is 42.9 Å². The van der Waals surface area contributed by atoms with E-state index in [-0.39, 0.29) is 75.5 Å².